The van der Waals surface area contributed by atoms with Crippen molar-refractivity contribution in [2.45, 2.75) is 40.0 Å². The zero-order valence-corrected chi connectivity index (χ0v) is 8.52. The molecule has 0 spiro atoms. The molecule has 1 aromatic carbocycles. The van der Waals surface area contributed by atoms with E-state index >= 15 is 0 Å². The van der Waals surface area contributed by atoms with E-state index in [9.17, 15) is 0 Å². The predicted octanol–water partition coefficient (Wildman–Crippen LogP) is 3.82. The van der Waals surface area contributed by atoms with Crippen LogP contribution in [0.5, 0.6) is 0 Å². The number of benzene rings is 1. The van der Waals surface area contributed by atoms with E-state index in [1.807, 2.05) is 0 Å². The van der Waals surface area contributed by atoms with E-state index < -0.39 is 0 Å². The molecule has 1 rings (SSSR count). The quantitative estimate of drug-likeness (QED) is 0.620. The van der Waals surface area contributed by atoms with Crippen molar-refractivity contribution in [3.63, 3.8) is 0 Å². The normalized spacial score (nSPS) is 13.0. The maximum absolute atomic E-state index is 2.29. The van der Waals surface area contributed by atoms with Gasteiger partial charge < -0.3 is 0 Å². The van der Waals surface area contributed by atoms with E-state index in [0.29, 0.717) is 5.92 Å². The zero-order chi connectivity index (χ0) is 9.14. The molecule has 12 heavy (non-hydrogen) atoms. The summed E-state index contributed by atoms with van der Waals surface area (Å²) in [5.74, 6) is 0.699. The van der Waals surface area contributed by atoms with Gasteiger partial charge >= 0.3 is 0 Å². The standard InChI is InChI=1S/C12H18/c1-5-9(2)12-8-6-7-10(3)11(12)4/h6-9H,5H2,1-4H3. The van der Waals surface area contributed by atoms with Crippen molar-refractivity contribution in [3.05, 3.63) is 34.9 Å². The summed E-state index contributed by atoms with van der Waals surface area (Å²) in [6, 6.07) is 6.58. The molecule has 1 aromatic rings. The van der Waals surface area contributed by atoms with E-state index in [4.69, 9.17) is 0 Å². The molecule has 1 atom stereocenters. The van der Waals surface area contributed by atoms with Gasteiger partial charge in [0.2, 0.25) is 0 Å². The Morgan fingerprint density at radius 2 is 1.92 bits per heavy atom. The van der Waals surface area contributed by atoms with Gasteiger partial charge in [-0.25, -0.2) is 0 Å². The minimum absolute atomic E-state index is 0.699. The van der Waals surface area contributed by atoms with Crippen molar-refractivity contribution >= 4 is 0 Å². The zero-order valence-electron chi connectivity index (χ0n) is 8.52. The third-order valence-electron chi connectivity index (χ3n) is 2.79. The Bertz CT molecular complexity index is 261. The van der Waals surface area contributed by atoms with Gasteiger partial charge in [-0.05, 0) is 42.9 Å². The molecule has 0 aromatic heterocycles. The van der Waals surface area contributed by atoms with Crippen LogP contribution in [-0.2, 0) is 0 Å². The molecule has 0 saturated carbocycles. The van der Waals surface area contributed by atoms with Crippen LogP contribution < -0.4 is 0 Å². The summed E-state index contributed by atoms with van der Waals surface area (Å²) in [6.07, 6.45) is 1.23. The van der Waals surface area contributed by atoms with Crippen LogP contribution in [-0.4, -0.2) is 0 Å². The summed E-state index contributed by atoms with van der Waals surface area (Å²) in [5, 5.41) is 0. The minimum atomic E-state index is 0.699. The van der Waals surface area contributed by atoms with Gasteiger partial charge in [0.1, 0.15) is 0 Å². The van der Waals surface area contributed by atoms with Gasteiger partial charge in [-0.1, -0.05) is 32.0 Å². The van der Waals surface area contributed by atoms with Gasteiger partial charge in [-0.3, -0.25) is 0 Å². The maximum Gasteiger partial charge on any atom is -0.0190 e. The van der Waals surface area contributed by atoms with Crippen molar-refractivity contribution in [1.29, 1.82) is 0 Å². The number of hydrogen-bond acceptors (Lipinski definition) is 0. The largest absolute Gasteiger partial charge is 0.0648 e. The number of rotatable bonds is 2. The lowest BCUT2D eigenvalue weighted by Crippen LogP contribution is -1.96. The molecule has 1 unspecified atom stereocenters. The smallest absolute Gasteiger partial charge is 0.0190 e. The lowest BCUT2D eigenvalue weighted by Gasteiger charge is -2.13. The van der Waals surface area contributed by atoms with E-state index in [-0.39, 0.29) is 0 Å². The highest BCUT2D eigenvalue weighted by Crippen LogP contribution is 2.23. The molecule has 0 aliphatic carbocycles. The van der Waals surface area contributed by atoms with Gasteiger partial charge in [-0.15, -0.1) is 0 Å². The van der Waals surface area contributed by atoms with Gasteiger partial charge in [0.15, 0.2) is 0 Å². The lowest BCUT2D eigenvalue weighted by atomic mass is 9.92. The first kappa shape index (κ1) is 9.31. The van der Waals surface area contributed by atoms with Crippen LogP contribution in [0.3, 0.4) is 0 Å². The van der Waals surface area contributed by atoms with Crippen molar-refractivity contribution in [2.75, 3.05) is 0 Å². The average Bonchev–Trinajstić information content (AvgIpc) is 2.08. The van der Waals surface area contributed by atoms with Crippen LogP contribution in [0.1, 0.15) is 42.9 Å². The topological polar surface area (TPSA) is 0 Å². The third kappa shape index (κ3) is 1.69. The van der Waals surface area contributed by atoms with Crippen LogP contribution in [0.25, 0.3) is 0 Å². The Labute approximate surface area is 75.6 Å². The van der Waals surface area contributed by atoms with Crippen LogP contribution in [0.15, 0.2) is 18.2 Å². The van der Waals surface area contributed by atoms with E-state index in [1.165, 1.54) is 23.1 Å². The maximum atomic E-state index is 2.29. The summed E-state index contributed by atoms with van der Waals surface area (Å²) in [5.41, 5.74) is 4.39. The highest BCUT2D eigenvalue weighted by Gasteiger charge is 2.06. The Morgan fingerprint density at radius 3 is 2.50 bits per heavy atom. The Hall–Kier alpha value is -0.780. The molecule has 0 heterocycles. The van der Waals surface area contributed by atoms with Gasteiger partial charge in [0.05, 0.1) is 0 Å². The lowest BCUT2D eigenvalue weighted by molar-refractivity contribution is 0.727. The second kappa shape index (κ2) is 3.75. The third-order valence-corrected chi connectivity index (χ3v) is 2.79. The first-order chi connectivity index (χ1) is 5.66. The summed E-state index contributed by atoms with van der Waals surface area (Å²) in [4.78, 5) is 0. The molecule has 66 valence electrons. The molecule has 0 fully saturated rings. The Morgan fingerprint density at radius 1 is 1.25 bits per heavy atom. The van der Waals surface area contributed by atoms with Crippen molar-refractivity contribution in [3.8, 4) is 0 Å². The van der Waals surface area contributed by atoms with Crippen LogP contribution in [0.2, 0.25) is 0 Å². The molecule has 0 saturated heterocycles. The number of aryl methyl sites for hydroxylation is 1. The van der Waals surface area contributed by atoms with E-state index in [2.05, 4.69) is 45.9 Å². The second-order valence-corrected chi connectivity index (χ2v) is 3.60. The summed E-state index contributed by atoms with van der Waals surface area (Å²) < 4.78 is 0. The molecule has 0 nitrogen and oxygen atoms in total. The van der Waals surface area contributed by atoms with Crippen LogP contribution in [0.4, 0.5) is 0 Å². The summed E-state index contributed by atoms with van der Waals surface area (Å²) in [6.45, 7) is 8.94. The predicted molar refractivity (Wildman–Crippen MR) is 54.6 cm³/mol. The molecule has 0 N–H and O–H groups in total. The molecule has 0 heteroatoms. The molecular weight excluding hydrogens is 144 g/mol. The van der Waals surface area contributed by atoms with E-state index in [1.54, 1.807) is 0 Å². The number of hydrogen-bond donors (Lipinski definition) is 0. The SMILES string of the molecule is CCC(C)c1cccc(C)c1C. The molecule has 0 aliphatic heterocycles. The molecule has 0 bridgehead atoms. The van der Waals surface area contributed by atoms with Crippen molar-refractivity contribution < 1.29 is 0 Å². The van der Waals surface area contributed by atoms with Crippen molar-refractivity contribution in [1.82, 2.24) is 0 Å². The fourth-order valence-corrected chi connectivity index (χ4v) is 1.53. The Kier molecular flexibility index (Phi) is 2.91. The van der Waals surface area contributed by atoms with Crippen LogP contribution >= 0.6 is 0 Å². The monoisotopic (exact) mass is 162 g/mol. The van der Waals surface area contributed by atoms with E-state index in [0.717, 1.165) is 0 Å². The van der Waals surface area contributed by atoms with Crippen molar-refractivity contribution in [2.24, 2.45) is 0 Å². The fourth-order valence-electron chi connectivity index (χ4n) is 1.53. The van der Waals surface area contributed by atoms with Gasteiger partial charge in [0, 0.05) is 0 Å². The van der Waals surface area contributed by atoms with Crippen LogP contribution in [0, 0.1) is 13.8 Å². The molecule has 0 amide bonds. The second-order valence-electron chi connectivity index (χ2n) is 3.60. The molecule has 0 radical (unpaired) electrons. The fraction of sp³-hybridized carbons (Fsp3) is 0.500. The molecular formula is C12H18. The average molecular weight is 162 g/mol. The first-order valence-corrected chi connectivity index (χ1v) is 4.73. The summed E-state index contributed by atoms with van der Waals surface area (Å²) >= 11 is 0. The highest BCUT2D eigenvalue weighted by atomic mass is 14.1. The summed E-state index contributed by atoms with van der Waals surface area (Å²) in [7, 11) is 0. The molecule has 0 aliphatic rings. The van der Waals surface area contributed by atoms with Gasteiger partial charge in [-0.2, -0.15) is 0 Å². The minimum Gasteiger partial charge on any atom is -0.0648 e. The van der Waals surface area contributed by atoms with Gasteiger partial charge in [0.25, 0.3) is 0 Å². The Balaban J connectivity index is 3.07. The first-order valence-electron chi connectivity index (χ1n) is 4.73. The highest BCUT2D eigenvalue weighted by molar-refractivity contribution is 5.35.